The van der Waals surface area contributed by atoms with E-state index in [1.54, 1.807) is 18.2 Å². The molecule has 2 heterocycles. The number of hydrogen-bond donors (Lipinski definition) is 1. The number of amides is 1. The van der Waals surface area contributed by atoms with Gasteiger partial charge in [-0.3, -0.25) is 4.79 Å². The lowest BCUT2D eigenvalue weighted by Crippen LogP contribution is -2.47. The van der Waals surface area contributed by atoms with Crippen molar-refractivity contribution in [2.45, 2.75) is 0 Å². The van der Waals surface area contributed by atoms with Crippen LogP contribution in [0.2, 0.25) is 0 Å². The monoisotopic (exact) mass is 425 g/mol. The molecule has 0 aliphatic carbocycles. The van der Waals surface area contributed by atoms with E-state index in [9.17, 15) is 9.90 Å². The molecule has 1 amide bonds. The average molecular weight is 426 g/mol. The van der Waals surface area contributed by atoms with Crippen molar-refractivity contribution in [1.82, 2.24) is 4.90 Å². The summed E-state index contributed by atoms with van der Waals surface area (Å²) in [4.78, 5) is 21.7. The lowest BCUT2D eigenvalue weighted by molar-refractivity contribution is -0.113. The number of aromatic hydroxyl groups is 1. The molecule has 7 nitrogen and oxygen atoms in total. The van der Waals surface area contributed by atoms with Crippen LogP contribution in [0.15, 0.2) is 52.4 Å². The van der Waals surface area contributed by atoms with Gasteiger partial charge in [-0.05, 0) is 47.7 Å². The van der Waals surface area contributed by atoms with E-state index in [1.165, 1.54) is 31.7 Å². The highest BCUT2D eigenvalue weighted by Crippen LogP contribution is 2.39. The third-order valence-electron chi connectivity index (χ3n) is 5.08. The quantitative estimate of drug-likeness (QED) is 0.754. The number of phenols is 1. The van der Waals surface area contributed by atoms with Crippen LogP contribution in [0, 0.1) is 0 Å². The molecule has 0 radical (unpaired) electrons. The zero-order valence-corrected chi connectivity index (χ0v) is 17.7. The summed E-state index contributed by atoms with van der Waals surface area (Å²) < 4.78 is 10.4. The number of thioether (sulfide) groups is 1. The average Bonchev–Trinajstić information content (AvgIpc) is 3.15. The van der Waals surface area contributed by atoms with Crippen LogP contribution < -0.4 is 14.4 Å². The molecule has 0 bridgehead atoms. The van der Waals surface area contributed by atoms with E-state index in [1.807, 2.05) is 18.2 Å². The summed E-state index contributed by atoms with van der Waals surface area (Å²) in [7, 11) is 2.94. The highest BCUT2D eigenvalue weighted by atomic mass is 32.2. The molecule has 0 atom stereocenters. The molecule has 8 heteroatoms. The van der Waals surface area contributed by atoms with Gasteiger partial charge in [-0.2, -0.15) is 4.99 Å². The summed E-state index contributed by atoms with van der Waals surface area (Å²) in [6.07, 6.45) is 1.74. The molecular formula is C22H23N3O4S. The van der Waals surface area contributed by atoms with Gasteiger partial charge in [0.25, 0.3) is 5.91 Å². The van der Waals surface area contributed by atoms with Crippen molar-refractivity contribution >= 4 is 34.6 Å². The molecule has 2 aromatic rings. The van der Waals surface area contributed by atoms with Gasteiger partial charge in [0.1, 0.15) is 0 Å². The minimum Gasteiger partial charge on any atom is -0.502 e. The summed E-state index contributed by atoms with van der Waals surface area (Å²) in [5, 5.41) is 10.8. The normalized spacial score (nSPS) is 18.0. The van der Waals surface area contributed by atoms with E-state index >= 15 is 0 Å². The molecular weight excluding hydrogens is 402 g/mol. The molecule has 1 saturated heterocycles. The van der Waals surface area contributed by atoms with Crippen molar-refractivity contribution in [3.8, 4) is 17.2 Å². The Hall–Kier alpha value is -3.13. The maximum atomic E-state index is 12.5. The fourth-order valence-electron chi connectivity index (χ4n) is 3.48. The van der Waals surface area contributed by atoms with Gasteiger partial charge in [-0.15, -0.1) is 0 Å². The molecule has 0 saturated carbocycles. The lowest BCUT2D eigenvalue weighted by Gasteiger charge is -2.36. The number of anilines is 1. The van der Waals surface area contributed by atoms with E-state index in [0.29, 0.717) is 10.5 Å². The van der Waals surface area contributed by atoms with Crippen LogP contribution in [0.3, 0.4) is 0 Å². The number of piperazine rings is 1. The summed E-state index contributed by atoms with van der Waals surface area (Å²) in [6.45, 7) is 3.37. The first kappa shape index (κ1) is 20.2. The standard InChI is InChI=1S/C22H23N3O4S/c1-28-17-12-15(13-18(29-2)20(17)26)14-19-21(27)23-22(30-19)25-10-8-24(9-11-25)16-6-4-3-5-7-16/h3-7,12-14,26H,8-11H2,1-2H3/b19-14+. The Morgan fingerprint density at radius 1 is 1.00 bits per heavy atom. The summed E-state index contributed by atoms with van der Waals surface area (Å²) in [5.74, 6) is 0.247. The van der Waals surface area contributed by atoms with Crippen LogP contribution in [-0.4, -0.2) is 61.5 Å². The van der Waals surface area contributed by atoms with E-state index in [2.05, 4.69) is 26.9 Å². The third-order valence-corrected chi connectivity index (χ3v) is 6.13. The maximum absolute atomic E-state index is 12.5. The Balaban J connectivity index is 1.45. The zero-order valence-electron chi connectivity index (χ0n) is 16.9. The van der Waals surface area contributed by atoms with Crippen LogP contribution in [0.4, 0.5) is 5.69 Å². The van der Waals surface area contributed by atoms with Gasteiger partial charge in [-0.25, -0.2) is 0 Å². The van der Waals surface area contributed by atoms with Gasteiger partial charge in [0, 0.05) is 31.9 Å². The Bertz CT molecular complexity index is 974. The molecule has 1 fully saturated rings. The number of benzene rings is 2. The molecule has 156 valence electrons. The molecule has 1 N–H and O–H groups in total. The second-order valence-corrected chi connectivity index (χ2v) is 7.90. The van der Waals surface area contributed by atoms with Crippen LogP contribution in [0.5, 0.6) is 17.2 Å². The first-order chi connectivity index (χ1) is 14.6. The number of para-hydroxylation sites is 1. The summed E-state index contributed by atoms with van der Waals surface area (Å²) in [5.41, 5.74) is 1.91. The largest absolute Gasteiger partial charge is 0.502 e. The van der Waals surface area contributed by atoms with Crippen molar-refractivity contribution in [1.29, 1.82) is 0 Å². The summed E-state index contributed by atoms with van der Waals surface area (Å²) in [6, 6.07) is 13.7. The number of phenolic OH excluding ortho intramolecular Hbond substituents is 1. The van der Waals surface area contributed by atoms with Crippen molar-refractivity contribution in [3.05, 3.63) is 52.9 Å². The van der Waals surface area contributed by atoms with Gasteiger partial charge in [0.15, 0.2) is 16.7 Å². The van der Waals surface area contributed by atoms with E-state index in [4.69, 9.17) is 9.47 Å². The van der Waals surface area contributed by atoms with Gasteiger partial charge >= 0.3 is 0 Å². The first-order valence-corrected chi connectivity index (χ1v) is 10.4. The predicted octanol–water partition coefficient (Wildman–Crippen LogP) is 3.20. The Labute approximate surface area is 179 Å². The molecule has 0 unspecified atom stereocenters. The number of amidine groups is 1. The molecule has 2 aliphatic rings. The number of aliphatic imine (C=N–C) groups is 1. The summed E-state index contributed by atoms with van der Waals surface area (Å²) >= 11 is 1.37. The van der Waals surface area contributed by atoms with E-state index in [0.717, 1.165) is 31.3 Å². The maximum Gasteiger partial charge on any atom is 0.286 e. The van der Waals surface area contributed by atoms with Crippen LogP contribution in [0.25, 0.3) is 6.08 Å². The molecule has 0 spiro atoms. The molecule has 30 heavy (non-hydrogen) atoms. The second-order valence-electron chi connectivity index (χ2n) is 6.89. The van der Waals surface area contributed by atoms with Gasteiger partial charge < -0.3 is 24.4 Å². The van der Waals surface area contributed by atoms with E-state index < -0.39 is 0 Å². The number of carbonyl (C=O) groups is 1. The number of nitrogens with zero attached hydrogens (tertiary/aromatic N) is 3. The lowest BCUT2D eigenvalue weighted by atomic mass is 10.1. The zero-order chi connectivity index (χ0) is 21.1. The number of hydrogen-bond acceptors (Lipinski definition) is 7. The van der Waals surface area contributed by atoms with Crippen molar-refractivity contribution < 1.29 is 19.4 Å². The minimum atomic E-state index is -0.258. The van der Waals surface area contributed by atoms with Gasteiger partial charge in [-0.1, -0.05) is 18.2 Å². The molecule has 4 rings (SSSR count). The fraction of sp³-hybridized carbons (Fsp3) is 0.273. The third kappa shape index (κ3) is 4.09. The van der Waals surface area contributed by atoms with Crippen LogP contribution >= 0.6 is 11.8 Å². The smallest absolute Gasteiger partial charge is 0.286 e. The first-order valence-electron chi connectivity index (χ1n) is 9.61. The minimum absolute atomic E-state index is 0.0687. The fourth-order valence-corrected chi connectivity index (χ4v) is 4.44. The number of methoxy groups -OCH3 is 2. The highest BCUT2D eigenvalue weighted by molar-refractivity contribution is 8.18. The van der Waals surface area contributed by atoms with E-state index in [-0.39, 0.29) is 23.2 Å². The Kier molecular flexibility index (Phi) is 5.85. The Morgan fingerprint density at radius 2 is 1.60 bits per heavy atom. The van der Waals surface area contributed by atoms with Gasteiger partial charge in [0.2, 0.25) is 5.75 Å². The highest BCUT2D eigenvalue weighted by Gasteiger charge is 2.28. The Morgan fingerprint density at radius 3 is 2.20 bits per heavy atom. The van der Waals surface area contributed by atoms with Gasteiger partial charge in [0.05, 0.1) is 19.1 Å². The predicted molar refractivity (Wildman–Crippen MR) is 119 cm³/mol. The second kappa shape index (κ2) is 8.71. The SMILES string of the molecule is COc1cc(/C=C2/SC(N3CCN(c4ccccc4)CC3)=NC2=O)cc(OC)c1O. The molecule has 2 aromatic carbocycles. The topological polar surface area (TPSA) is 74.6 Å². The number of rotatable bonds is 4. The number of carbonyl (C=O) groups excluding carboxylic acids is 1. The number of ether oxygens (including phenoxy) is 2. The molecule has 0 aromatic heterocycles. The van der Waals surface area contributed by atoms with Crippen LogP contribution in [0.1, 0.15) is 5.56 Å². The van der Waals surface area contributed by atoms with Crippen molar-refractivity contribution in [2.75, 3.05) is 45.3 Å². The van der Waals surface area contributed by atoms with Crippen molar-refractivity contribution in [2.24, 2.45) is 4.99 Å². The molecule has 2 aliphatic heterocycles. The van der Waals surface area contributed by atoms with Crippen molar-refractivity contribution in [3.63, 3.8) is 0 Å². The van der Waals surface area contributed by atoms with Crippen LogP contribution in [-0.2, 0) is 4.79 Å².